The van der Waals surface area contributed by atoms with E-state index in [1.54, 1.807) is 36.4 Å². The van der Waals surface area contributed by atoms with Crippen LogP contribution in [0.5, 0.6) is 0 Å². The first-order valence-corrected chi connectivity index (χ1v) is 13.5. The molecule has 0 saturated carbocycles. The summed E-state index contributed by atoms with van der Waals surface area (Å²) in [5, 5.41) is 2.19. The van der Waals surface area contributed by atoms with Crippen LogP contribution in [0.1, 0.15) is 22.3 Å². The van der Waals surface area contributed by atoms with Crippen molar-refractivity contribution in [3.05, 3.63) is 167 Å². The summed E-state index contributed by atoms with van der Waals surface area (Å²) in [5.74, 6) is -6.42. The van der Waals surface area contributed by atoms with E-state index in [9.17, 15) is 8.78 Å². The average molecular weight is 557 g/mol. The number of aromatic nitrogens is 2. The van der Waals surface area contributed by atoms with Gasteiger partial charge in [-0.2, -0.15) is 13.8 Å². The molecule has 0 radical (unpaired) electrons. The van der Waals surface area contributed by atoms with E-state index in [0.717, 1.165) is 38.6 Å². The van der Waals surface area contributed by atoms with Gasteiger partial charge in [0, 0.05) is 16.5 Å². The summed E-state index contributed by atoms with van der Waals surface area (Å²) in [4.78, 5) is 2.86. The van der Waals surface area contributed by atoms with E-state index in [4.69, 9.17) is 0 Å². The highest BCUT2D eigenvalue weighted by atomic mass is 19.2. The van der Waals surface area contributed by atoms with Gasteiger partial charge in [-0.1, -0.05) is 97.1 Å². The maximum Gasteiger partial charge on any atom is 0.252 e. The number of hydrogen-bond acceptors (Lipinski definition) is 1. The van der Waals surface area contributed by atoms with E-state index in [-0.39, 0.29) is 0 Å². The fourth-order valence-corrected chi connectivity index (χ4v) is 6.84. The molecule has 0 aliphatic heterocycles. The Bertz CT molecular complexity index is 2070. The summed E-state index contributed by atoms with van der Waals surface area (Å²) in [6, 6.07) is 37.9. The van der Waals surface area contributed by atoms with E-state index in [2.05, 4.69) is 21.7 Å². The molecule has 7 aromatic rings. The topological polar surface area (TPSA) is 17.8 Å². The van der Waals surface area contributed by atoms with Gasteiger partial charge in [0.05, 0.1) is 22.0 Å². The van der Waals surface area contributed by atoms with Gasteiger partial charge in [-0.25, -0.2) is 8.78 Å². The molecule has 0 fully saturated rings. The smallest absolute Gasteiger partial charge is 0.252 e. The molecule has 42 heavy (non-hydrogen) atoms. The molecule has 202 valence electrons. The predicted octanol–water partition coefficient (Wildman–Crippen LogP) is 9.10. The molecule has 0 atom stereocenters. The van der Waals surface area contributed by atoms with Crippen LogP contribution in [-0.2, 0) is 5.41 Å². The number of nitrogens with zero attached hydrogens (tertiary/aromatic N) is 2. The maximum absolute atomic E-state index is 15.8. The van der Waals surface area contributed by atoms with Crippen LogP contribution < -0.4 is 0 Å². The largest absolute Gasteiger partial charge is 0.309 e. The molecule has 0 unspecified atom stereocenters. The highest BCUT2D eigenvalue weighted by Crippen LogP contribution is 2.57. The number of pyridine rings is 1. The predicted molar refractivity (Wildman–Crippen MR) is 156 cm³/mol. The first-order valence-electron chi connectivity index (χ1n) is 13.5. The zero-order chi connectivity index (χ0) is 28.6. The van der Waals surface area contributed by atoms with Gasteiger partial charge < -0.3 is 4.57 Å². The van der Waals surface area contributed by atoms with Gasteiger partial charge in [0.15, 0.2) is 11.6 Å². The minimum atomic E-state index is -1.69. The second kappa shape index (κ2) is 8.88. The Morgan fingerprint density at radius 3 is 1.48 bits per heavy atom. The van der Waals surface area contributed by atoms with Gasteiger partial charge >= 0.3 is 0 Å². The van der Waals surface area contributed by atoms with Crippen molar-refractivity contribution in [1.82, 2.24) is 9.55 Å². The van der Waals surface area contributed by atoms with Gasteiger partial charge in [-0.15, -0.1) is 0 Å². The molecule has 1 aliphatic rings. The number of rotatable bonds is 3. The highest BCUT2D eigenvalue weighted by molar-refractivity contribution is 6.09. The number of para-hydroxylation sites is 2. The first kappa shape index (κ1) is 24.6. The third kappa shape index (κ3) is 3.12. The van der Waals surface area contributed by atoms with E-state index < -0.39 is 34.5 Å². The van der Waals surface area contributed by atoms with Gasteiger partial charge in [-0.05, 0) is 52.1 Å². The van der Waals surface area contributed by atoms with Crippen LogP contribution in [0.3, 0.4) is 0 Å². The molecule has 0 saturated heterocycles. The lowest BCUT2D eigenvalue weighted by Gasteiger charge is -2.34. The van der Waals surface area contributed by atoms with E-state index in [1.807, 2.05) is 72.8 Å². The lowest BCUT2D eigenvalue weighted by Crippen LogP contribution is -2.32. The Morgan fingerprint density at radius 1 is 0.500 bits per heavy atom. The fraction of sp³-hybridized carbons (Fsp3) is 0.0278. The minimum Gasteiger partial charge on any atom is -0.309 e. The maximum atomic E-state index is 15.8. The number of halogens is 4. The summed E-state index contributed by atoms with van der Waals surface area (Å²) in [7, 11) is 0. The van der Waals surface area contributed by atoms with Gasteiger partial charge in [-0.3, -0.25) is 0 Å². The number of hydrogen-bond donors (Lipinski definition) is 0. The molecule has 0 amide bonds. The Labute approximate surface area is 238 Å². The fourth-order valence-electron chi connectivity index (χ4n) is 6.84. The third-order valence-corrected chi connectivity index (χ3v) is 8.46. The monoisotopic (exact) mass is 556 g/mol. The summed E-state index contributed by atoms with van der Waals surface area (Å²) in [6.07, 6.45) is 0. The highest BCUT2D eigenvalue weighted by Gasteiger charge is 2.50. The lowest BCUT2D eigenvalue weighted by molar-refractivity contribution is 0.386. The van der Waals surface area contributed by atoms with Gasteiger partial charge in [0.25, 0.3) is 11.9 Å². The molecule has 2 heterocycles. The summed E-state index contributed by atoms with van der Waals surface area (Å²) in [6.45, 7) is 0. The molecule has 8 rings (SSSR count). The molecule has 0 bridgehead atoms. The molecule has 2 aromatic heterocycles. The van der Waals surface area contributed by atoms with Crippen LogP contribution in [0.4, 0.5) is 17.6 Å². The van der Waals surface area contributed by atoms with Crippen LogP contribution in [0.25, 0.3) is 38.6 Å². The zero-order valence-corrected chi connectivity index (χ0v) is 22.0. The van der Waals surface area contributed by atoms with Crippen molar-refractivity contribution in [3.8, 4) is 16.8 Å². The van der Waals surface area contributed by atoms with Crippen molar-refractivity contribution in [2.45, 2.75) is 5.41 Å². The number of benzene rings is 5. The molecule has 2 nitrogen and oxygen atoms in total. The second-order valence-electron chi connectivity index (χ2n) is 10.5. The van der Waals surface area contributed by atoms with Crippen LogP contribution >= 0.6 is 0 Å². The van der Waals surface area contributed by atoms with E-state index >= 15 is 8.78 Å². The Morgan fingerprint density at radius 2 is 0.952 bits per heavy atom. The first-order chi connectivity index (χ1) is 20.5. The minimum absolute atomic E-state index is 0.465. The van der Waals surface area contributed by atoms with Crippen molar-refractivity contribution < 1.29 is 17.6 Å². The summed E-state index contributed by atoms with van der Waals surface area (Å²) < 4.78 is 63.3. The quantitative estimate of drug-likeness (QED) is 0.157. The second-order valence-corrected chi connectivity index (χ2v) is 10.5. The summed E-state index contributed by atoms with van der Waals surface area (Å²) in [5.41, 5.74) is 3.43. The van der Waals surface area contributed by atoms with E-state index in [1.165, 1.54) is 0 Å². The zero-order valence-electron chi connectivity index (χ0n) is 22.0. The normalized spacial score (nSPS) is 13.4. The lowest BCUT2D eigenvalue weighted by atomic mass is 9.67. The van der Waals surface area contributed by atoms with Gasteiger partial charge in [0.1, 0.15) is 0 Å². The van der Waals surface area contributed by atoms with Crippen molar-refractivity contribution >= 4 is 21.8 Å². The van der Waals surface area contributed by atoms with Crippen molar-refractivity contribution in [2.75, 3.05) is 0 Å². The standard InChI is InChI=1S/C36H20F4N2/c37-32-31(33(38)35(40)41-34(32)39)36(27-13-5-1-9-23(27)24-10-2-6-14-28(24)36)21-17-19-22(20-18-21)42-29-15-7-3-11-25(29)26-12-4-8-16-30(26)42/h1-20H. The van der Waals surface area contributed by atoms with E-state index in [0.29, 0.717) is 16.7 Å². The Kier molecular flexibility index (Phi) is 5.19. The molecule has 1 aliphatic carbocycles. The summed E-state index contributed by atoms with van der Waals surface area (Å²) >= 11 is 0. The molecule has 0 N–H and O–H groups in total. The van der Waals surface area contributed by atoms with Crippen LogP contribution in [0.15, 0.2) is 121 Å². The molecular formula is C36H20F4N2. The van der Waals surface area contributed by atoms with Crippen LogP contribution in [0.2, 0.25) is 0 Å². The molecule has 5 aromatic carbocycles. The van der Waals surface area contributed by atoms with Crippen molar-refractivity contribution in [2.24, 2.45) is 0 Å². The van der Waals surface area contributed by atoms with Crippen LogP contribution in [0, 0.1) is 23.5 Å². The molecule has 0 spiro atoms. The van der Waals surface area contributed by atoms with Crippen molar-refractivity contribution in [3.63, 3.8) is 0 Å². The molecular weight excluding hydrogens is 536 g/mol. The van der Waals surface area contributed by atoms with Gasteiger partial charge in [0.2, 0.25) is 0 Å². The third-order valence-electron chi connectivity index (χ3n) is 8.46. The van der Waals surface area contributed by atoms with Crippen molar-refractivity contribution in [1.29, 1.82) is 0 Å². The van der Waals surface area contributed by atoms with Crippen LogP contribution in [-0.4, -0.2) is 9.55 Å². The number of fused-ring (bicyclic) bond motifs is 6. The SMILES string of the molecule is Fc1nc(F)c(F)c(C2(c3ccc(-n4c5ccccc5c5ccccc54)cc3)c3ccccc3-c3ccccc32)c1F. The average Bonchev–Trinajstić information content (AvgIpc) is 3.52. The molecule has 6 heteroatoms. The Hall–Kier alpha value is -5.23. The Balaban J connectivity index is 1.45.